The first-order chi connectivity index (χ1) is 17.8. The second kappa shape index (κ2) is 11.9. The molecule has 0 aromatic heterocycles. The summed E-state index contributed by atoms with van der Waals surface area (Å²) in [5.74, 6) is -1.92. The summed E-state index contributed by atoms with van der Waals surface area (Å²) >= 11 is 0. The average Bonchev–Trinajstić information content (AvgIpc) is 3.44. The minimum absolute atomic E-state index is 0.00531. The number of rotatable bonds is 8. The molecule has 1 aromatic rings. The Morgan fingerprint density at radius 2 is 1.92 bits per heavy atom. The Morgan fingerprint density at radius 3 is 2.55 bits per heavy atom. The summed E-state index contributed by atoms with van der Waals surface area (Å²) in [6.07, 6.45) is 0.220. The largest absolute Gasteiger partial charge is 0.433 e. The van der Waals surface area contributed by atoms with Gasteiger partial charge in [0.15, 0.2) is 0 Å². The van der Waals surface area contributed by atoms with E-state index in [-0.39, 0.29) is 24.1 Å². The van der Waals surface area contributed by atoms with E-state index in [2.05, 4.69) is 16.0 Å². The third-order valence-electron chi connectivity index (χ3n) is 6.74. The van der Waals surface area contributed by atoms with Crippen LogP contribution in [0, 0.1) is 12.3 Å². The van der Waals surface area contributed by atoms with Crippen molar-refractivity contribution in [1.29, 1.82) is 0 Å². The molecule has 4 amide bonds. The van der Waals surface area contributed by atoms with Gasteiger partial charge in [0.1, 0.15) is 18.1 Å². The fraction of sp³-hybridized carbons (Fsp3) is 0.593. The van der Waals surface area contributed by atoms with E-state index in [1.807, 2.05) is 20.8 Å². The second-order valence-electron chi connectivity index (χ2n) is 10.8. The van der Waals surface area contributed by atoms with Gasteiger partial charge in [-0.25, -0.2) is 0 Å². The van der Waals surface area contributed by atoms with Gasteiger partial charge in [-0.3, -0.25) is 24.0 Å². The summed E-state index contributed by atoms with van der Waals surface area (Å²) in [6.45, 7) is 11.1. The van der Waals surface area contributed by atoms with Gasteiger partial charge in [-0.15, -0.1) is 0 Å². The zero-order chi connectivity index (χ0) is 28.2. The van der Waals surface area contributed by atoms with Crippen LogP contribution in [0.3, 0.4) is 0 Å². The Hall–Kier alpha value is -3.47. The number of carbonyl (C=O) groups excluding carboxylic acids is 5. The van der Waals surface area contributed by atoms with Crippen molar-refractivity contribution in [2.45, 2.75) is 85.2 Å². The summed E-state index contributed by atoms with van der Waals surface area (Å²) in [5, 5.41) is 8.40. The SMILES string of the molecule is CCO[C@@H]1OC(=O)C[C@H]1NC(=O)[C@@H]1CCCN1C(=O)[C@@H](NC(=O)c1cccc(NC(C)=O)c1C)C(C)(C)C. The summed E-state index contributed by atoms with van der Waals surface area (Å²) in [7, 11) is 0. The molecule has 2 aliphatic heterocycles. The van der Waals surface area contributed by atoms with Crippen molar-refractivity contribution in [3.8, 4) is 0 Å². The van der Waals surface area contributed by atoms with E-state index >= 15 is 0 Å². The van der Waals surface area contributed by atoms with E-state index in [4.69, 9.17) is 9.47 Å². The lowest BCUT2D eigenvalue weighted by Gasteiger charge is -2.35. The maximum Gasteiger partial charge on any atom is 0.310 e. The highest BCUT2D eigenvalue weighted by molar-refractivity contribution is 6.01. The third-order valence-corrected chi connectivity index (χ3v) is 6.74. The fourth-order valence-corrected chi connectivity index (χ4v) is 4.78. The lowest BCUT2D eigenvalue weighted by atomic mass is 9.85. The predicted molar refractivity (Wildman–Crippen MR) is 139 cm³/mol. The molecule has 0 saturated carbocycles. The molecule has 2 fully saturated rings. The van der Waals surface area contributed by atoms with E-state index in [0.29, 0.717) is 42.8 Å². The zero-order valence-electron chi connectivity index (χ0n) is 22.9. The monoisotopic (exact) mass is 530 g/mol. The number of amides is 4. The molecule has 0 spiro atoms. The molecule has 2 saturated heterocycles. The van der Waals surface area contributed by atoms with Crippen LogP contribution in [-0.4, -0.2) is 72.1 Å². The van der Waals surface area contributed by atoms with Crippen molar-refractivity contribution in [3.05, 3.63) is 29.3 Å². The molecule has 38 heavy (non-hydrogen) atoms. The Bertz CT molecular complexity index is 1100. The van der Waals surface area contributed by atoms with Gasteiger partial charge in [-0.05, 0) is 49.8 Å². The van der Waals surface area contributed by atoms with Gasteiger partial charge in [-0.2, -0.15) is 0 Å². The molecule has 3 N–H and O–H groups in total. The standard InChI is InChI=1S/C27H38N4O7/c1-7-37-26-19(14-21(33)38-26)29-24(35)20-12-9-13-31(20)25(36)22(27(4,5)6)30-23(34)17-10-8-11-18(15(17)2)28-16(3)32/h8,10-11,19-20,22,26H,7,9,12-14H2,1-6H3,(H,28,32)(H,29,35)(H,30,34)/t19-,20+,22-,26-/m1/s1. The molecule has 11 nitrogen and oxygen atoms in total. The summed E-state index contributed by atoms with van der Waals surface area (Å²) in [6, 6.07) is 2.70. The minimum Gasteiger partial charge on any atom is -0.433 e. The molecular weight excluding hydrogens is 492 g/mol. The van der Waals surface area contributed by atoms with E-state index in [1.165, 1.54) is 11.8 Å². The number of benzene rings is 1. The lowest BCUT2D eigenvalue weighted by Crippen LogP contribution is -2.58. The minimum atomic E-state index is -0.917. The van der Waals surface area contributed by atoms with Crippen molar-refractivity contribution in [2.24, 2.45) is 5.41 Å². The normalized spacial score (nSPS) is 22.0. The number of nitrogens with one attached hydrogen (secondary N) is 3. The summed E-state index contributed by atoms with van der Waals surface area (Å²) < 4.78 is 10.6. The first-order valence-electron chi connectivity index (χ1n) is 12.9. The Balaban J connectivity index is 1.77. The zero-order valence-corrected chi connectivity index (χ0v) is 22.9. The van der Waals surface area contributed by atoms with E-state index in [0.717, 1.165) is 0 Å². The average molecular weight is 531 g/mol. The van der Waals surface area contributed by atoms with Crippen LogP contribution in [0.4, 0.5) is 5.69 Å². The maximum atomic E-state index is 13.8. The number of likely N-dealkylation sites (tertiary alicyclic amines) is 1. The number of hydrogen-bond donors (Lipinski definition) is 3. The van der Waals surface area contributed by atoms with Crippen LogP contribution in [-0.2, 0) is 28.7 Å². The Kier molecular flexibility index (Phi) is 9.14. The highest BCUT2D eigenvalue weighted by atomic mass is 16.7. The molecule has 2 aliphatic rings. The highest BCUT2D eigenvalue weighted by Crippen LogP contribution is 2.28. The van der Waals surface area contributed by atoms with Crippen molar-refractivity contribution in [3.63, 3.8) is 0 Å². The number of cyclic esters (lactones) is 1. The molecule has 0 radical (unpaired) electrons. The number of hydrogen-bond acceptors (Lipinski definition) is 7. The van der Waals surface area contributed by atoms with Crippen LogP contribution in [0.1, 0.15) is 69.8 Å². The van der Waals surface area contributed by atoms with Gasteiger partial charge >= 0.3 is 5.97 Å². The van der Waals surface area contributed by atoms with Gasteiger partial charge in [0, 0.05) is 31.3 Å². The quantitative estimate of drug-likeness (QED) is 0.436. The smallest absolute Gasteiger partial charge is 0.310 e. The van der Waals surface area contributed by atoms with Crippen LogP contribution >= 0.6 is 0 Å². The Labute approximate surface area is 223 Å². The molecule has 3 rings (SSSR count). The number of esters is 1. The maximum absolute atomic E-state index is 13.8. The van der Waals surface area contributed by atoms with Crippen LogP contribution < -0.4 is 16.0 Å². The van der Waals surface area contributed by atoms with Gasteiger partial charge < -0.3 is 30.3 Å². The number of ether oxygens (including phenoxy) is 2. The first-order valence-corrected chi connectivity index (χ1v) is 12.9. The molecule has 0 aliphatic carbocycles. The molecule has 0 bridgehead atoms. The number of nitrogens with zero attached hydrogens (tertiary/aromatic N) is 1. The molecular formula is C27H38N4O7. The van der Waals surface area contributed by atoms with Crippen molar-refractivity contribution in [1.82, 2.24) is 15.5 Å². The lowest BCUT2D eigenvalue weighted by molar-refractivity contribution is -0.164. The highest BCUT2D eigenvalue weighted by Gasteiger charge is 2.44. The predicted octanol–water partition coefficient (Wildman–Crippen LogP) is 1.88. The van der Waals surface area contributed by atoms with E-state index < -0.39 is 41.7 Å². The first kappa shape index (κ1) is 29.1. The van der Waals surface area contributed by atoms with Gasteiger partial charge in [0.25, 0.3) is 5.91 Å². The molecule has 208 valence electrons. The fourth-order valence-electron chi connectivity index (χ4n) is 4.78. The van der Waals surface area contributed by atoms with Crippen LogP contribution in [0.15, 0.2) is 18.2 Å². The van der Waals surface area contributed by atoms with Crippen LogP contribution in [0.2, 0.25) is 0 Å². The summed E-state index contributed by atoms with van der Waals surface area (Å²) in [4.78, 5) is 65.1. The topological polar surface area (TPSA) is 143 Å². The third kappa shape index (κ3) is 6.69. The summed E-state index contributed by atoms with van der Waals surface area (Å²) in [5.41, 5.74) is 0.767. The van der Waals surface area contributed by atoms with Crippen LogP contribution in [0.5, 0.6) is 0 Å². The Morgan fingerprint density at radius 1 is 1.21 bits per heavy atom. The van der Waals surface area contributed by atoms with Gasteiger partial charge in [0.2, 0.25) is 24.0 Å². The molecule has 0 unspecified atom stereocenters. The molecule has 4 atom stereocenters. The van der Waals surface area contributed by atoms with E-state index in [1.54, 1.807) is 32.0 Å². The van der Waals surface area contributed by atoms with Crippen molar-refractivity contribution >= 4 is 35.3 Å². The second-order valence-corrected chi connectivity index (χ2v) is 10.8. The van der Waals surface area contributed by atoms with Crippen molar-refractivity contribution < 1.29 is 33.4 Å². The van der Waals surface area contributed by atoms with Gasteiger partial charge in [-0.1, -0.05) is 26.8 Å². The van der Waals surface area contributed by atoms with Crippen molar-refractivity contribution in [2.75, 3.05) is 18.5 Å². The molecule has 11 heteroatoms. The van der Waals surface area contributed by atoms with E-state index in [9.17, 15) is 24.0 Å². The van der Waals surface area contributed by atoms with Crippen LogP contribution in [0.25, 0.3) is 0 Å². The number of anilines is 1. The molecule has 2 heterocycles. The number of carbonyl (C=O) groups is 5. The molecule has 1 aromatic carbocycles. The van der Waals surface area contributed by atoms with Gasteiger partial charge in [0.05, 0.1) is 6.42 Å².